The maximum absolute atomic E-state index is 6.22. The summed E-state index contributed by atoms with van der Waals surface area (Å²) < 4.78 is 2.18. The van der Waals surface area contributed by atoms with Crippen LogP contribution in [0.15, 0.2) is 36.4 Å². The summed E-state index contributed by atoms with van der Waals surface area (Å²) in [4.78, 5) is 10.4. The number of nitrogens with one attached hydrogen (secondary N) is 2. The van der Waals surface area contributed by atoms with Gasteiger partial charge in [-0.05, 0) is 19.9 Å². The van der Waals surface area contributed by atoms with Gasteiger partial charge in [0.05, 0.1) is 0 Å². The van der Waals surface area contributed by atoms with E-state index in [9.17, 15) is 0 Å². The quantitative estimate of drug-likeness (QED) is 0.545. The minimum absolute atomic E-state index is 0.573. The van der Waals surface area contributed by atoms with Gasteiger partial charge in [-0.2, -0.15) is 0 Å². The molecule has 1 aliphatic heterocycles. The van der Waals surface area contributed by atoms with E-state index in [1.54, 1.807) is 4.90 Å². The SMILES string of the molecule is Cc1cc(C)nc(NC(N)=[N+]2CC[NH+](Cc3ccccc3)CC2)n1. The normalized spacial score (nSPS) is 17.6. The molecule has 0 unspecified atom stereocenters. The lowest BCUT2D eigenvalue weighted by Gasteiger charge is -2.25. The van der Waals surface area contributed by atoms with Gasteiger partial charge >= 0.3 is 5.96 Å². The first-order valence-electron chi connectivity index (χ1n) is 8.44. The molecule has 1 saturated heterocycles. The number of anilines is 1. The number of aryl methyl sites for hydroxylation is 2. The van der Waals surface area contributed by atoms with Crippen LogP contribution in [-0.4, -0.2) is 46.7 Å². The van der Waals surface area contributed by atoms with E-state index in [2.05, 4.69) is 50.2 Å². The van der Waals surface area contributed by atoms with Crippen LogP contribution in [-0.2, 0) is 6.54 Å². The fraction of sp³-hybridized carbons (Fsp3) is 0.389. The van der Waals surface area contributed by atoms with Gasteiger partial charge in [0, 0.05) is 17.0 Å². The lowest BCUT2D eigenvalue weighted by Crippen LogP contribution is -3.13. The average Bonchev–Trinajstić information content (AvgIpc) is 2.55. The maximum atomic E-state index is 6.22. The van der Waals surface area contributed by atoms with Crippen molar-refractivity contribution in [1.82, 2.24) is 9.97 Å². The zero-order valence-corrected chi connectivity index (χ0v) is 14.4. The summed E-state index contributed by atoms with van der Waals surface area (Å²) in [6, 6.07) is 12.6. The minimum Gasteiger partial charge on any atom is -0.326 e. The van der Waals surface area contributed by atoms with Crippen LogP contribution in [0.25, 0.3) is 0 Å². The van der Waals surface area contributed by atoms with Crippen LogP contribution < -0.4 is 16.0 Å². The number of hydrogen-bond donors (Lipinski definition) is 3. The van der Waals surface area contributed by atoms with E-state index in [1.165, 1.54) is 5.56 Å². The number of aromatic nitrogens is 2. The molecule has 0 spiro atoms. The fourth-order valence-electron chi connectivity index (χ4n) is 3.10. The van der Waals surface area contributed by atoms with Crippen molar-refractivity contribution >= 4 is 11.9 Å². The molecule has 2 aromatic rings. The Kier molecular flexibility index (Phi) is 5.05. The first-order valence-corrected chi connectivity index (χ1v) is 8.44. The van der Waals surface area contributed by atoms with E-state index in [-0.39, 0.29) is 0 Å². The van der Waals surface area contributed by atoms with Crippen LogP contribution in [0, 0.1) is 13.8 Å². The third-order valence-electron chi connectivity index (χ3n) is 4.33. The molecule has 0 aliphatic carbocycles. The molecule has 1 aromatic heterocycles. The molecule has 4 N–H and O–H groups in total. The van der Waals surface area contributed by atoms with Crippen LogP contribution in [0.2, 0.25) is 0 Å². The van der Waals surface area contributed by atoms with E-state index in [0.29, 0.717) is 11.9 Å². The van der Waals surface area contributed by atoms with Crippen molar-refractivity contribution in [3.63, 3.8) is 0 Å². The van der Waals surface area contributed by atoms with Crippen LogP contribution in [0.5, 0.6) is 0 Å². The van der Waals surface area contributed by atoms with Crippen LogP contribution in [0.3, 0.4) is 0 Å². The van der Waals surface area contributed by atoms with Gasteiger partial charge in [-0.15, -0.1) is 0 Å². The molecular formula is C18H26N6+2. The third kappa shape index (κ3) is 4.29. The Hall–Kier alpha value is -2.47. The summed E-state index contributed by atoms with van der Waals surface area (Å²) in [6.07, 6.45) is 0. The monoisotopic (exact) mass is 326 g/mol. The van der Waals surface area contributed by atoms with Gasteiger partial charge in [0.1, 0.15) is 32.7 Å². The number of nitrogens with two attached hydrogens (primary N) is 1. The predicted molar refractivity (Wildman–Crippen MR) is 95.2 cm³/mol. The number of hydrogen-bond acceptors (Lipinski definition) is 2. The number of rotatable bonds is 3. The van der Waals surface area contributed by atoms with Crippen molar-refractivity contribution in [2.24, 2.45) is 5.73 Å². The average molecular weight is 326 g/mol. The Labute approximate surface area is 143 Å². The molecular weight excluding hydrogens is 300 g/mol. The standard InChI is InChI=1S/C18H24N6/c1-14-12-15(2)21-18(20-14)22-17(19)24-10-8-23(9-11-24)13-16-6-4-3-5-7-16/h3-7,12H,8-11,13H2,1-2H3,(H2,19,20,21,22)/p+2. The second-order valence-corrected chi connectivity index (χ2v) is 6.38. The van der Waals surface area contributed by atoms with E-state index in [0.717, 1.165) is 44.1 Å². The highest BCUT2D eigenvalue weighted by Crippen LogP contribution is 2.03. The highest BCUT2D eigenvalue weighted by molar-refractivity contribution is 5.86. The maximum Gasteiger partial charge on any atom is 0.351 e. The third-order valence-corrected chi connectivity index (χ3v) is 4.33. The molecule has 0 amide bonds. The first-order chi connectivity index (χ1) is 11.6. The summed E-state index contributed by atoms with van der Waals surface area (Å²) in [5.41, 5.74) is 9.49. The molecule has 1 aromatic carbocycles. The molecule has 126 valence electrons. The van der Waals surface area contributed by atoms with Gasteiger partial charge < -0.3 is 4.90 Å². The summed E-state index contributed by atoms with van der Waals surface area (Å²) in [6.45, 7) is 9.01. The number of quaternary nitrogens is 1. The number of nitrogens with zero attached hydrogens (tertiary/aromatic N) is 3. The fourth-order valence-corrected chi connectivity index (χ4v) is 3.10. The molecule has 3 rings (SSSR count). The summed E-state index contributed by atoms with van der Waals surface area (Å²) in [7, 11) is 0. The molecule has 0 radical (unpaired) electrons. The van der Waals surface area contributed by atoms with Gasteiger partial charge in [0.15, 0.2) is 0 Å². The summed E-state index contributed by atoms with van der Waals surface area (Å²) in [5, 5.41) is 3.15. The topological polar surface area (TPSA) is 71.3 Å². The molecule has 6 nitrogen and oxygen atoms in total. The molecule has 0 bridgehead atoms. The zero-order valence-electron chi connectivity index (χ0n) is 14.4. The lowest BCUT2D eigenvalue weighted by molar-refractivity contribution is -0.944. The lowest BCUT2D eigenvalue weighted by atomic mass is 10.2. The van der Waals surface area contributed by atoms with Gasteiger partial charge in [0.25, 0.3) is 5.95 Å². The second-order valence-electron chi connectivity index (χ2n) is 6.38. The van der Waals surface area contributed by atoms with E-state index in [4.69, 9.17) is 5.73 Å². The van der Waals surface area contributed by atoms with E-state index < -0.39 is 0 Å². The predicted octanol–water partition coefficient (Wildman–Crippen LogP) is -0.0688. The van der Waals surface area contributed by atoms with Crippen LogP contribution in [0.1, 0.15) is 17.0 Å². The largest absolute Gasteiger partial charge is 0.351 e. The highest BCUT2D eigenvalue weighted by atomic mass is 15.3. The Morgan fingerprint density at radius 3 is 2.38 bits per heavy atom. The molecule has 6 heteroatoms. The Bertz CT molecular complexity index is 695. The van der Waals surface area contributed by atoms with Gasteiger partial charge in [-0.25, -0.2) is 15.3 Å². The summed E-state index contributed by atoms with van der Waals surface area (Å²) in [5.74, 6) is 1.21. The second kappa shape index (κ2) is 7.40. The van der Waals surface area contributed by atoms with Gasteiger partial charge in [-0.1, -0.05) is 30.3 Å². The smallest absolute Gasteiger partial charge is 0.326 e. The highest BCUT2D eigenvalue weighted by Gasteiger charge is 2.22. The Morgan fingerprint density at radius 2 is 1.75 bits per heavy atom. The van der Waals surface area contributed by atoms with Gasteiger partial charge in [-0.3, -0.25) is 10.3 Å². The van der Waals surface area contributed by atoms with Crippen LogP contribution in [0.4, 0.5) is 5.95 Å². The number of benzene rings is 1. The molecule has 2 heterocycles. The Balaban J connectivity index is 1.59. The molecule has 0 saturated carbocycles. The molecule has 0 atom stereocenters. The molecule has 1 aliphatic rings. The van der Waals surface area contributed by atoms with Crippen molar-refractivity contribution in [3.05, 3.63) is 53.3 Å². The molecule has 24 heavy (non-hydrogen) atoms. The molecule has 1 fully saturated rings. The number of piperazine rings is 1. The van der Waals surface area contributed by atoms with Crippen molar-refractivity contribution in [3.8, 4) is 0 Å². The van der Waals surface area contributed by atoms with Gasteiger partial charge in [0.2, 0.25) is 0 Å². The van der Waals surface area contributed by atoms with E-state index >= 15 is 0 Å². The van der Waals surface area contributed by atoms with Crippen molar-refractivity contribution in [2.75, 3.05) is 31.5 Å². The van der Waals surface area contributed by atoms with E-state index in [1.807, 2.05) is 19.9 Å². The number of guanidine groups is 1. The minimum atomic E-state index is 0.573. The first kappa shape index (κ1) is 16.4. The Morgan fingerprint density at radius 1 is 1.12 bits per heavy atom. The zero-order chi connectivity index (χ0) is 16.9. The summed E-state index contributed by atoms with van der Waals surface area (Å²) >= 11 is 0. The van der Waals surface area contributed by atoms with Crippen LogP contribution >= 0.6 is 0 Å². The van der Waals surface area contributed by atoms with Crippen molar-refractivity contribution in [1.29, 1.82) is 0 Å². The van der Waals surface area contributed by atoms with Crippen molar-refractivity contribution in [2.45, 2.75) is 20.4 Å². The van der Waals surface area contributed by atoms with Crippen molar-refractivity contribution < 1.29 is 9.48 Å².